The second-order valence-electron chi connectivity index (χ2n) is 8.51. The predicted molar refractivity (Wildman–Crippen MR) is 127 cm³/mol. The first-order chi connectivity index (χ1) is 16.0. The van der Waals surface area contributed by atoms with Crippen molar-refractivity contribution in [2.75, 3.05) is 6.61 Å². The summed E-state index contributed by atoms with van der Waals surface area (Å²) >= 11 is 0. The number of sulfonamides is 1. The summed E-state index contributed by atoms with van der Waals surface area (Å²) in [5.74, 6) is -0.727. The fraction of sp³-hybridized carbons (Fsp3) is 0.417. The Labute approximate surface area is 199 Å². The summed E-state index contributed by atoms with van der Waals surface area (Å²) in [6, 6.07) is 6.84. The molecule has 1 aromatic carbocycles. The quantitative estimate of drug-likeness (QED) is 0.460. The second-order valence-corrected chi connectivity index (χ2v) is 10.3. The van der Waals surface area contributed by atoms with Crippen molar-refractivity contribution in [1.29, 1.82) is 0 Å². The van der Waals surface area contributed by atoms with E-state index in [1.807, 2.05) is 26.8 Å². The van der Waals surface area contributed by atoms with Gasteiger partial charge in [-0.25, -0.2) is 22.5 Å². The molecule has 2 heterocycles. The van der Waals surface area contributed by atoms with Gasteiger partial charge in [-0.3, -0.25) is 9.78 Å². The van der Waals surface area contributed by atoms with Gasteiger partial charge in [0.2, 0.25) is 5.91 Å². The van der Waals surface area contributed by atoms with Crippen LogP contribution < -0.4 is 0 Å². The first-order valence-electron chi connectivity index (χ1n) is 11.1. The number of imidazole rings is 1. The number of carbonyl (C=O) groups excluding carboxylic acids is 2. The lowest BCUT2D eigenvalue weighted by atomic mass is 10.0. The van der Waals surface area contributed by atoms with Crippen LogP contribution in [0.4, 0.5) is 0 Å². The van der Waals surface area contributed by atoms with Crippen LogP contribution in [0.15, 0.2) is 41.4 Å². The van der Waals surface area contributed by atoms with Crippen molar-refractivity contribution >= 4 is 32.9 Å². The van der Waals surface area contributed by atoms with E-state index < -0.39 is 27.9 Å². The zero-order chi connectivity index (χ0) is 25.0. The minimum absolute atomic E-state index is 0.0327. The average Bonchev–Trinajstić information content (AvgIpc) is 3.14. The largest absolute Gasteiger partial charge is 0.464 e. The maximum absolute atomic E-state index is 13.4. The smallest absolute Gasteiger partial charge is 0.330 e. The number of amides is 1. The van der Waals surface area contributed by atoms with Crippen LogP contribution >= 0.6 is 0 Å². The number of H-pyrrole nitrogens is 1. The predicted octanol–water partition coefficient (Wildman–Crippen LogP) is 3.37. The van der Waals surface area contributed by atoms with E-state index in [1.165, 1.54) is 12.1 Å². The number of carbonyl (C=O) groups is 2. The Morgan fingerprint density at radius 1 is 1.15 bits per heavy atom. The van der Waals surface area contributed by atoms with Crippen molar-refractivity contribution in [3.05, 3.63) is 53.6 Å². The van der Waals surface area contributed by atoms with Gasteiger partial charge in [0.05, 0.1) is 22.7 Å². The number of aromatic nitrogens is 3. The van der Waals surface area contributed by atoms with E-state index in [2.05, 4.69) is 15.0 Å². The number of hydrogen-bond donors (Lipinski definition) is 1. The SMILES string of the molecule is CCOC(=O)[C@H](CC(C)C)N(C(C)=O)S(=O)(=O)c1ccc(Cc2nccc3[nH]c(C)nc23)cc1. The number of aryl methyl sites for hydroxylation is 1. The molecular weight excluding hydrogens is 456 g/mol. The molecule has 1 amide bonds. The van der Waals surface area contributed by atoms with Crippen LogP contribution in [0.25, 0.3) is 11.0 Å². The van der Waals surface area contributed by atoms with Crippen molar-refractivity contribution in [2.45, 2.75) is 58.4 Å². The number of esters is 1. The van der Waals surface area contributed by atoms with E-state index in [1.54, 1.807) is 25.3 Å². The van der Waals surface area contributed by atoms with Gasteiger partial charge < -0.3 is 9.72 Å². The van der Waals surface area contributed by atoms with Crippen molar-refractivity contribution in [3.8, 4) is 0 Å². The highest BCUT2D eigenvalue weighted by Gasteiger charge is 2.39. The third-order valence-electron chi connectivity index (χ3n) is 5.29. The minimum Gasteiger partial charge on any atom is -0.464 e. The molecule has 3 aromatic rings. The van der Waals surface area contributed by atoms with Crippen LogP contribution in [-0.2, 0) is 30.8 Å². The monoisotopic (exact) mass is 486 g/mol. The molecular formula is C24H30N4O5S. The first kappa shape index (κ1) is 25.4. The number of ether oxygens (including phenoxy) is 1. The molecule has 1 atom stereocenters. The maximum Gasteiger partial charge on any atom is 0.330 e. The summed E-state index contributed by atoms with van der Waals surface area (Å²) in [6.07, 6.45) is 2.31. The number of fused-ring (bicyclic) bond motifs is 1. The van der Waals surface area contributed by atoms with Crippen LogP contribution in [-0.4, -0.2) is 52.2 Å². The minimum atomic E-state index is -4.28. The number of benzene rings is 1. The molecule has 0 spiro atoms. The molecule has 0 bridgehead atoms. The number of rotatable bonds is 9. The zero-order valence-corrected chi connectivity index (χ0v) is 20.8. The Kier molecular flexibility index (Phi) is 7.71. The summed E-state index contributed by atoms with van der Waals surface area (Å²) < 4.78 is 32.6. The zero-order valence-electron chi connectivity index (χ0n) is 20.0. The molecule has 0 radical (unpaired) electrons. The highest BCUT2D eigenvalue weighted by molar-refractivity contribution is 7.89. The van der Waals surface area contributed by atoms with E-state index in [0.29, 0.717) is 10.7 Å². The average molecular weight is 487 g/mol. The molecule has 2 aromatic heterocycles. The Balaban J connectivity index is 1.92. The molecule has 0 aliphatic heterocycles. The van der Waals surface area contributed by atoms with Crippen LogP contribution in [0.1, 0.15) is 51.2 Å². The van der Waals surface area contributed by atoms with E-state index in [9.17, 15) is 18.0 Å². The Morgan fingerprint density at radius 2 is 1.82 bits per heavy atom. The Morgan fingerprint density at radius 3 is 2.41 bits per heavy atom. The molecule has 9 nitrogen and oxygen atoms in total. The number of aromatic amines is 1. The fourth-order valence-corrected chi connectivity index (χ4v) is 5.41. The van der Waals surface area contributed by atoms with Crippen molar-refractivity contribution < 1.29 is 22.7 Å². The number of nitrogens with one attached hydrogen (secondary N) is 1. The maximum atomic E-state index is 13.4. The lowest BCUT2D eigenvalue weighted by Crippen LogP contribution is -2.48. The van der Waals surface area contributed by atoms with E-state index in [4.69, 9.17) is 4.74 Å². The topological polar surface area (TPSA) is 122 Å². The summed E-state index contributed by atoms with van der Waals surface area (Å²) in [5.41, 5.74) is 3.25. The number of pyridine rings is 1. The van der Waals surface area contributed by atoms with Gasteiger partial charge in [-0.2, -0.15) is 0 Å². The molecule has 182 valence electrons. The lowest BCUT2D eigenvalue weighted by molar-refractivity contribution is -0.151. The number of hydrogen-bond acceptors (Lipinski definition) is 7. The van der Waals surface area contributed by atoms with Crippen molar-refractivity contribution in [3.63, 3.8) is 0 Å². The van der Waals surface area contributed by atoms with Gasteiger partial charge in [0.1, 0.15) is 17.4 Å². The highest BCUT2D eigenvalue weighted by Crippen LogP contribution is 2.25. The van der Waals surface area contributed by atoms with Gasteiger partial charge in [-0.05, 0) is 49.9 Å². The molecule has 0 saturated heterocycles. The highest BCUT2D eigenvalue weighted by atomic mass is 32.2. The van der Waals surface area contributed by atoms with Gasteiger partial charge in [0.25, 0.3) is 10.0 Å². The van der Waals surface area contributed by atoms with Gasteiger partial charge in [-0.1, -0.05) is 26.0 Å². The number of nitrogens with zero attached hydrogens (tertiary/aromatic N) is 3. The molecule has 3 rings (SSSR count). The van der Waals surface area contributed by atoms with Crippen LogP contribution in [0.5, 0.6) is 0 Å². The third kappa shape index (κ3) is 5.44. The van der Waals surface area contributed by atoms with E-state index >= 15 is 0 Å². The van der Waals surface area contributed by atoms with E-state index in [-0.39, 0.29) is 23.8 Å². The molecule has 10 heteroatoms. The van der Waals surface area contributed by atoms with Crippen LogP contribution in [0, 0.1) is 12.8 Å². The Bertz CT molecular complexity index is 1280. The molecule has 0 fully saturated rings. The molecule has 0 aliphatic carbocycles. The molecule has 0 aliphatic rings. The van der Waals surface area contributed by atoms with Gasteiger partial charge >= 0.3 is 5.97 Å². The molecule has 34 heavy (non-hydrogen) atoms. The standard InChI is InChI=1S/C24H30N4O5S/c1-6-33-24(30)22(13-15(2)3)28(17(5)29)34(31,32)19-9-7-18(8-10-19)14-21-23-20(11-12-25-21)26-16(4)27-23/h7-12,15,22H,6,13-14H2,1-5H3,(H,26,27)/t22-/m0/s1. The summed E-state index contributed by atoms with van der Waals surface area (Å²) in [5, 5.41) is 0. The van der Waals surface area contributed by atoms with Gasteiger partial charge in [-0.15, -0.1) is 0 Å². The third-order valence-corrected chi connectivity index (χ3v) is 7.19. The van der Waals surface area contributed by atoms with Crippen LogP contribution in [0.2, 0.25) is 0 Å². The van der Waals surface area contributed by atoms with E-state index in [0.717, 1.165) is 35.0 Å². The van der Waals surface area contributed by atoms with Gasteiger partial charge in [0, 0.05) is 19.5 Å². The summed E-state index contributed by atoms with van der Waals surface area (Å²) in [6.45, 7) is 8.42. The molecule has 0 unspecified atom stereocenters. The first-order valence-corrected chi connectivity index (χ1v) is 12.6. The fourth-order valence-electron chi connectivity index (χ4n) is 3.86. The lowest BCUT2D eigenvalue weighted by Gasteiger charge is -2.29. The van der Waals surface area contributed by atoms with Gasteiger partial charge in [0.15, 0.2) is 0 Å². The molecule has 1 N–H and O–H groups in total. The Hall–Kier alpha value is -3.27. The van der Waals surface area contributed by atoms with Crippen molar-refractivity contribution in [1.82, 2.24) is 19.3 Å². The molecule has 0 saturated carbocycles. The van der Waals surface area contributed by atoms with Crippen LogP contribution in [0.3, 0.4) is 0 Å². The normalized spacial score (nSPS) is 12.6. The summed E-state index contributed by atoms with van der Waals surface area (Å²) in [7, 11) is -4.28. The summed E-state index contributed by atoms with van der Waals surface area (Å²) in [4.78, 5) is 37.0. The van der Waals surface area contributed by atoms with Crippen molar-refractivity contribution in [2.24, 2.45) is 5.92 Å². The second kappa shape index (κ2) is 10.3.